The quantitative estimate of drug-likeness (QED) is 0.0680. The molecule has 79 heavy (non-hydrogen) atoms. The lowest BCUT2D eigenvalue weighted by atomic mass is 9.77. The zero-order chi connectivity index (χ0) is 54.4. The molecule has 4 fully saturated rings. The lowest BCUT2D eigenvalue weighted by Crippen LogP contribution is -2.50. The van der Waals surface area contributed by atoms with Crippen molar-refractivity contribution in [2.75, 3.05) is 64.6 Å². The molecule has 1 aliphatic carbocycles. The first kappa shape index (κ1) is 51.9. The highest BCUT2D eigenvalue weighted by Gasteiger charge is 2.48. The molecule has 6 aromatic carbocycles. The Labute approximate surface area is 461 Å². The number of nitrogens with zero attached hydrogens (tertiary/aromatic N) is 7. The second kappa shape index (κ2) is 21.4. The summed E-state index contributed by atoms with van der Waals surface area (Å²) in [7, 11) is 1.67. The van der Waals surface area contributed by atoms with Crippen molar-refractivity contribution >= 4 is 33.7 Å². The van der Waals surface area contributed by atoms with Crippen molar-refractivity contribution in [2.45, 2.75) is 88.8 Å². The van der Waals surface area contributed by atoms with Crippen LogP contribution in [0.15, 0.2) is 134 Å². The molecule has 14 heteroatoms. The highest BCUT2D eigenvalue weighted by atomic mass is 19.1. The predicted molar refractivity (Wildman–Crippen MR) is 304 cm³/mol. The molecular formula is C65H66FN7O6. The molecule has 0 unspecified atom stereocenters. The van der Waals surface area contributed by atoms with Gasteiger partial charge in [0, 0.05) is 79.6 Å². The maximum Gasteiger partial charge on any atom is 0.410 e. The number of carbonyl (C=O) groups is 1. The van der Waals surface area contributed by atoms with Crippen LogP contribution in [0.3, 0.4) is 0 Å². The summed E-state index contributed by atoms with van der Waals surface area (Å²) in [5, 5.41) is 6.97. The van der Waals surface area contributed by atoms with E-state index in [2.05, 4.69) is 64.4 Å². The Kier molecular flexibility index (Phi) is 14.1. The first-order valence-electron chi connectivity index (χ1n) is 27.5. The summed E-state index contributed by atoms with van der Waals surface area (Å²) in [4.78, 5) is 30.9. The minimum atomic E-state index is -0.973. The predicted octanol–water partition coefficient (Wildman–Crippen LogP) is 11.3. The maximum atomic E-state index is 17.4. The van der Waals surface area contributed by atoms with Gasteiger partial charge < -0.3 is 33.5 Å². The molecule has 0 radical (unpaired) electrons. The van der Waals surface area contributed by atoms with E-state index < -0.39 is 23.1 Å². The molecule has 3 aliphatic heterocycles. The Bertz CT molecular complexity index is 3460. The third kappa shape index (κ3) is 10.0. The summed E-state index contributed by atoms with van der Waals surface area (Å²) in [6.07, 6.45) is 9.76. The summed E-state index contributed by atoms with van der Waals surface area (Å²) in [6.45, 7) is 12.3. The van der Waals surface area contributed by atoms with Crippen LogP contribution in [0.4, 0.5) is 15.0 Å². The van der Waals surface area contributed by atoms with E-state index in [0.29, 0.717) is 66.6 Å². The van der Waals surface area contributed by atoms with Gasteiger partial charge in [0.25, 0.3) is 0 Å². The average molecular weight is 1060 g/mol. The van der Waals surface area contributed by atoms with Crippen LogP contribution in [0.1, 0.15) is 84.9 Å². The van der Waals surface area contributed by atoms with Crippen molar-refractivity contribution in [1.82, 2.24) is 29.5 Å². The van der Waals surface area contributed by atoms with Gasteiger partial charge in [0.2, 0.25) is 0 Å². The summed E-state index contributed by atoms with van der Waals surface area (Å²) >= 11 is 0. The van der Waals surface area contributed by atoms with Crippen molar-refractivity contribution < 1.29 is 32.9 Å². The number of anilines is 1. The van der Waals surface area contributed by atoms with Gasteiger partial charge in [0.05, 0.1) is 37.4 Å². The molecule has 404 valence electrons. The fourth-order valence-corrected chi connectivity index (χ4v) is 12.1. The number of ether oxygens (including phenoxy) is 5. The molecular weight excluding hydrogens is 994 g/mol. The van der Waals surface area contributed by atoms with E-state index in [1.165, 1.54) is 0 Å². The number of amides is 1. The van der Waals surface area contributed by atoms with Crippen LogP contribution in [0.25, 0.3) is 32.9 Å². The molecule has 1 amide bonds. The van der Waals surface area contributed by atoms with Gasteiger partial charge in [-0.15, -0.1) is 6.42 Å². The average Bonchev–Trinajstić information content (AvgIpc) is 4.03. The first-order chi connectivity index (χ1) is 38.4. The highest BCUT2D eigenvalue weighted by molar-refractivity contribution is 6.06. The fraction of sp³-hybridized carbons (Fsp3) is 0.354. The molecule has 8 aromatic rings. The van der Waals surface area contributed by atoms with Gasteiger partial charge in [-0.1, -0.05) is 109 Å². The number of morpholine rings is 1. The number of hydrogen-bond donors (Lipinski definition) is 0. The molecule has 12 rings (SSSR count). The summed E-state index contributed by atoms with van der Waals surface area (Å²) in [5.74, 6) is 3.63. The van der Waals surface area contributed by atoms with Gasteiger partial charge in [-0.3, -0.25) is 9.58 Å². The number of carbonyl (C=O) groups excluding carboxylic acids is 1. The number of halogens is 1. The number of fused-ring (bicyclic) bond motifs is 4. The van der Waals surface area contributed by atoms with E-state index in [1.807, 2.05) is 116 Å². The van der Waals surface area contributed by atoms with Crippen molar-refractivity contribution in [3.63, 3.8) is 0 Å². The van der Waals surface area contributed by atoms with Crippen LogP contribution in [0, 0.1) is 25.1 Å². The zero-order valence-electron chi connectivity index (χ0n) is 45.5. The number of likely N-dealkylation sites (tertiary alicyclic amines) is 1. The molecule has 13 nitrogen and oxygen atoms in total. The van der Waals surface area contributed by atoms with Gasteiger partial charge >= 0.3 is 12.1 Å². The van der Waals surface area contributed by atoms with Gasteiger partial charge in [0.1, 0.15) is 41.0 Å². The van der Waals surface area contributed by atoms with E-state index in [4.69, 9.17) is 45.2 Å². The molecule has 2 aromatic heterocycles. The van der Waals surface area contributed by atoms with Crippen LogP contribution in [0.2, 0.25) is 0 Å². The van der Waals surface area contributed by atoms with Crippen molar-refractivity contribution in [2.24, 2.45) is 0 Å². The second-order valence-electron chi connectivity index (χ2n) is 22.4. The number of benzene rings is 6. The largest absolute Gasteiger partial charge is 0.486 e. The van der Waals surface area contributed by atoms with Crippen LogP contribution >= 0.6 is 0 Å². The smallest absolute Gasteiger partial charge is 0.410 e. The Balaban J connectivity index is 1.10. The third-order valence-electron chi connectivity index (χ3n) is 16.0. The lowest BCUT2D eigenvalue weighted by Gasteiger charge is -2.36. The summed E-state index contributed by atoms with van der Waals surface area (Å²) < 4.78 is 51.1. The van der Waals surface area contributed by atoms with Crippen LogP contribution in [-0.4, -0.2) is 119 Å². The van der Waals surface area contributed by atoms with Crippen molar-refractivity contribution in [3.8, 4) is 35.2 Å². The van der Waals surface area contributed by atoms with E-state index in [0.717, 1.165) is 82.1 Å². The van der Waals surface area contributed by atoms with E-state index in [-0.39, 0.29) is 43.3 Å². The SMILES string of the molecule is C#Cc1ccc(COc2c(-c3c(C)c(F)cc4nn(C(c5ccccc5)(c5ccccc5)c5ccccc5)cc34)c(C3CC3)cc3c(N4C[C@@H]5C[C@H]4CN5C(=O)OC(C)(C)C)nc(O[C@H](COC)CN4CCOCC4)nc23)cc1. The monoisotopic (exact) mass is 1060 g/mol. The van der Waals surface area contributed by atoms with Gasteiger partial charge in [-0.05, 0) is 104 Å². The highest BCUT2D eigenvalue weighted by Crippen LogP contribution is 2.54. The zero-order valence-corrected chi connectivity index (χ0v) is 45.5. The molecule has 1 saturated carbocycles. The minimum absolute atomic E-state index is 0.0651. The first-order valence-corrected chi connectivity index (χ1v) is 27.5. The lowest BCUT2D eigenvalue weighted by molar-refractivity contribution is 0.000203. The normalized spacial score (nSPS) is 18.0. The summed E-state index contributed by atoms with van der Waals surface area (Å²) in [5.41, 5.74) is 6.90. The number of aromatic nitrogens is 4. The topological polar surface area (TPSA) is 117 Å². The van der Waals surface area contributed by atoms with E-state index in [9.17, 15) is 4.79 Å². The summed E-state index contributed by atoms with van der Waals surface area (Å²) in [6, 6.07) is 42.7. The molecule has 0 spiro atoms. The van der Waals surface area contributed by atoms with Crippen molar-refractivity contribution in [3.05, 3.63) is 178 Å². The second-order valence-corrected chi connectivity index (χ2v) is 22.4. The fourth-order valence-electron chi connectivity index (χ4n) is 12.1. The third-order valence-corrected chi connectivity index (χ3v) is 16.0. The van der Waals surface area contributed by atoms with E-state index in [1.54, 1.807) is 13.2 Å². The van der Waals surface area contributed by atoms with Crippen LogP contribution in [0.5, 0.6) is 11.8 Å². The number of piperazine rings is 1. The molecule has 3 saturated heterocycles. The minimum Gasteiger partial charge on any atom is -0.486 e. The molecule has 2 bridgehead atoms. The Hall–Kier alpha value is -7.83. The molecule has 4 aliphatic rings. The Morgan fingerprint density at radius 2 is 1.49 bits per heavy atom. The maximum absolute atomic E-state index is 17.4. The van der Waals surface area contributed by atoms with Crippen molar-refractivity contribution in [1.29, 1.82) is 0 Å². The van der Waals surface area contributed by atoms with E-state index >= 15 is 4.39 Å². The van der Waals surface area contributed by atoms with Gasteiger partial charge in [-0.25, -0.2) is 9.18 Å². The standard InChI is InChI=1S/C65H66FN7O6/c1-7-43-23-25-44(26-24-43)40-77-60-58(57-42(2)55(66)35-56-54(57)39-73(69-56)65(46-17-11-8-12-18-46,47-19-13-9-14-20-47)48-21-15-10-16-22-48)52(45-27-28-45)34-53-59(60)67-62(78-51(41-75-6)38-70-29-31-76-32-30-70)68-61(53)71-36-50-33-49(71)37-72(50)63(74)79-64(3,4)5/h1,8-26,34-35,39,45,49-51H,27-33,36-38,40-41H2,2-6H3/t49-,50-,51-/m0/s1. The number of hydrogen-bond acceptors (Lipinski definition) is 11. The van der Waals surface area contributed by atoms with Crippen LogP contribution in [-0.2, 0) is 26.4 Å². The van der Waals surface area contributed by atoms with Gasteiger partial charge in [0.15, 0.2) is 5.75 Å². The van der Waals surface area contributed by atoms with Gasteiger partial charge in [-0.2, -0.15) is 15.1 Å². The number of terminal acetylenes is 1. The van der Waals surface area contributed by atoms with Crippen LogP contribution < -0.4 is 14.4 Å². The number of rotatable bonds is 16. The Morgan fingerprint density at radius 3 is 2.08 bits per heavy atom. The number of methoxy groups -OCH3 is 1. The Morgan fingerprint density at radius 1 is 0.835 bits per heavy atom. The molecule has 5 heterocycles. The molecule has 0 N–H and O–H groups in total. The molecule has 3 atom stereocenters.